The second-order valence-corrected chi connectivity index (χ2v) is 3.19. The molecule has 3 heteroatoms. The second kappa shape index (κ2) is 3.47. The van der Waals surface area contributed by atoms with Gasteiger partial charge in [0.05, 0.1) is 0 Å². The molecule has 0 amide bonds. The third-order valence-electron chi connectivity index (χ3n) is 1.79. The van der Waals surface area contributed by atoms with Gasteiger partial charge in [-0.15, -0.1) is 0 Å². The molecule has 1 rings (SSSR count). The summed E-state index contributed by atoms with van der Waals surface area (Å²) in [6.07, 6.45) is 0. The van der Waals surface area contributed by atoms with Crippen molar-refractivity contribution in [2.24, 2.45) is 5.92 Å². The summed E-state index contributed by atoms with van der Waals surface area (Å²) in [5, 5.41) is 18.7. The maximum Gasteiger partial charge on any atom is 0.172 e. The average Bonchev–Trinajstić information content (AvgIpc) is 2.03. The molecule has 0 saturated carbocycles. The zero-order chi connectivity index (χ0) is 10.0. The number of rotatable bonds is 2. The van der Waals surface area contributed by atoms with Crippen molar-refractivity contribution < 1.29 is 15.0 Å². The quantitative estimate of drug-likeness (QED) is 0.684. The van der Waals surface area contributed by atoms with Crippen LogP contribution >= 0.6 is 0 Å². The maximum absolute atomic E-state index is 11.5. The van der Waals surface area contributed by atoms with Crippen LogP contribution in [0.15, 0.2) is 18.2 Å². The minimum absolute atomic E-state index is 0.0116. The van der Waals surface area contributed by atoms with Crippen molar-refractivity contribution in [2.75, 3.05) is 0 Å². The lowest BCUT2D eigenvalue weighted by Crippen LogP contribution is -2.07. The fourth-order valence-corrected chi connectivity index (χ4v) is 1.07. The largest absolute Gasteiger partial charge is 0.507 e. The predicted octanol–water partition coefficient (Wildman–Crippen LogP) is 1.94. The number of aromatic hydroxyl groups is 2. The number of hydrogen-bond donors (Lipinski definition) is 2. The first-order chi connectivity index (χ1) is 6.04. The standard InChI is InChI=1S/C10H12O3/c1-6(2)10(13)9-7(11)4-3-5-8(9)12/h3-6,11-12H,1-2H3. The highest BCUT2D eigenvalue weighted by atomic mass is 16.3. The van der Waals surface area contributed by atoms with Crippen LogP contribution in [0.5, 0.6) is 11.5 Å². The van der Waals surface area contributed by atoms with Gasteiger partial charge in [-0.3, -0.25) is 4.79 Å². The molecule has 0 aliphatic rings. The minimum atomic E-state index is -0.254. The third-order valence-corrected chi connectivity index (χ3v) is 1.79. The highest BCUT2D eigenvalue weighted by Gasteiger charge is 2.18. The van der Waals surface area contributed by atoms with Crippen LogP contribution in [-0.4, -0.2) is 16.0 Å². The Hall–Kier alpha value is -1.51. The summed E-state index contributed by atoms with van der Waals surface area (Å²) in [5.41, 5.74) is 0.0116. The van der Waals surface area contributed by atoms with Crippen molar-refractivity contribution >= 4 is 5.78 Å². The zero-order valence-electron chi connectivity index (χ0n) is 7.61. The number of ketones is 1. The van der Waals surface area contributed by atoms with Gasteiger partial charge in [0.1, 0.15) is 17.1 Å². The van der Waals surface area contributed by atoms with Gasteiger partial charge in [-0.2, -0.15) is 0 Å². The molecule has 3 nitrogen and oxygen atoms in total. The third kappa shape index (κ3) is 1.80. The fraction of sp³-hybridized carbons (Fsp3) is 0.300. The van der Waals surface area contributed by atoms with Gasteiger partial charge in [-0.1, -0.05) is 19.9 Å². The van der Waals surface area contributed by atoms with E-state index in [4.69, 9.17) is 0 Å². The smallest absolute Gasteiger partial charge is 0.172 e. The summed E-state index contributed by atoms with van der Waals surface area (Å²) in [7, 11) is 0. The Labute approximate surface area is 76.6 Å². The van der Waals surface area contributed by atoms with E-state index < -0.39 is 0 Å². The van der Waals surface area contributed by atoms with Crippen LogP contribution in [0.2, 0.25) is 0 Å². The zero-order valence-corrected chi connectivity index (χ0v) is 7.61. The number of benzene rings is 1. The molecule has 0 unspecified atom stereocenters. The van der Waals surface area contributed by atoms with E-state index in [0.29, 0.717) is 0 Å². The summed E-state index contributed by atoms with van der Waals surface area (Å²) in [6.45, 7) is 3.43. The Kier molecular flexibility index (Phi) is 2.56. The van der Waals surface area contributed by atoms with Crippen molar-refractivity contribution in [1.82, 2.24) is 0 Å². The van der Waals surface area contributed by atoms with E-state index in [1.165, 1.54) is 18.2 Å². The fourth-order valence-electron chi connectivity index (χ4n) is 1.07. The molecule has 13 heavy (non-hydrogen) atoms. The van der Waals surface area contributed by atoms with Crippen LogP contribution in [0.25, 0.3) is 0 Å². The van der Waals surface area contributed by atoms with E-state index in [-0.39, 0.29) is 28.8 Å². The van der Waals surface area contributed by atoms with Crippen molar-refractivity contribution in [3.8, 4) is 11.5 Å². The van der Waals surface area contributed by atoms with Crippen LogP contribution in [0.1, 0.15) is 24.2 Å². The summed E-state index contributed by atoms with van der Waals surface area (Å²) in [5.74, 6) is -0.827. The first-order valence-electron chi connectivity index (χ1n) is 4.09. The minimum Gasteiger partial charge on any atom is -0.507 e. The summed E-state index contributed by atoms with van der Waals surface area (Å²) >= 11 is 0. The van der Waals surface area contributed by atoms with Crippen LogP contribution in [0.4, 0.5) is 0 Å². The molecule has 0 fully saturated rings. The molecule has 0 radical (unpaired) electrons. The van der Waals surface area contributed by atoms with Gasteiger partial charge in [-0.25, -0.2) is 0 Å². The molecule has 0 bridgehead atoms. The van der Waals surface area contributed by atoms with Gasteiger partial charge in [0.15, 0.2) is 5.78 Å². The molecule has 0 heterocycles. The molecule has 0 spiro atoms. The van der Waals surface area contributed by atoms with Gasteiger partial charge >= 0.3 is 0 Å². The number of hydrogen-bond acceptors (Lipinski definition) is 3. The van der Waals surface area contributed by atoms with Gasteiger partial charge in [0.25, 0.3) is 0 Å². The van der Waals surface area contributed by atoms with Crippen molar-refractivity contribution in [2.45, 2.75) is 13.8 Å². The van der Waals surface area contributed by atoms with Crippen LogP contribution in [-0.2, 0) is 0 Å². The molecule has 0 aliphatic heterocycles. The van der Waals surface area contributed by atoms with Gasteiger partial charge in [0.2, 0.25) is 0 Å². The molecule has 1 aromatic rings. The van der Waals surface area contributed by atoms with E-state index in [1.54, 1.807) is 13.8 Å². The lowest BCUT2D eigenvalue weighted by Gasteiger charge is -2.07. The topological polar surface area (TPSA) is 57.5 Å². The first-order valence-corrected chi connectivity index (χ1v) is 4.09. The lowest BCUT2D eigenvalue weighted by molar-refractivity contribution is 0.0934. The second-order valence-electron chi connectivity index (χ2n) is 3.19. The van der Waals surface area contributed by atoms with Crippen molar-refractivity contribution in [1.29, 1.82) is 0 Å². The number of phenols is 2. The molecule has 2 N–H and O–H groups in total. The molecule has 0 aliphatic carbocycles. The lowest BCUT2D eigenvalue weighted by atomic mass is 9.99. The highest BCUT2D eigenvalue weighted by Crippen LogP contribution is 2.28. The maximum atomic E-state index is 11.5. The highest BCUT2D eigenvalue weighted by molar-refractivity contribution is 6.02. The SMILES string of the molecule is CC(C)C(=O)c1c(O)cccc1O. The van der Waals surface area contributed by atoms with E-state index >= 15 is 0 Å². The van der Waals surface area contributed by atoms with E-state index in [0.717, 1.165) is 0 Å². The molecule has 70 valence electrons. The van der Waals surface area contributed by atoms with Crippen molar-refractivity contribution in [3.63, 3.8) is 0 Å². The van der Waals surface area contributed by atoms with Crippen LogP contribution in [0, 0.1) is 5.92 Å². The molecule has 0 aromatic heterocycles. The van der Waals surface area contributed by atoms with Gasteiger partial charge < -0.3 is 10.2 Å². The molecule has 0 saturated heterocycles. The predicted molar refractivity (Wildman–Crippen MR) is 48.9 cm³/mol. The van der Waals surface area contributed by atoms with Crippen LogP contribution in [0.3, 0.4) is 0 Å². The van der Waals surface area contributed by atoms with E-state index in [9.17, 15) is 15.0 Å². The van der Waals surface area contributed by atoms with E-state index in [1.807, 2.05) is 0 Å². The first kappa shape index (κ1) is 9.58. The molecule has 1 aromatic carbocycles. The molecular formula is C10H12O3. The number of Topliss-reactive ketones (excluding diaryl/α,β-unsaturated/α-hetero) is 1. The normalized spacial score (nSPS) is 10.4. The number of carbonyl (C=O) groups is 1. The Bertz CT molecular complexity index is 309. The number of carbonyl (C=O) groups excluding carboxylic acids is 1. The summed E-state index contributed by atoms with van der Waals surface area (Å²) in [6, 6.07) is 4.26. The van der Waals surface area contributed by atoms with E-state index in [2.05, 4.69) is 0 Å². The van der Waals surface area contributed by atoms with Crippen molar-refractivity contribution in [3.05, 3.63) is 23.8 Å². The van der Waals surface area contributed by atoms with Gasteiger partial charge in [-0.05, 0) is 12.1 Å². The monoisotopic (exact) mass is 180 g/mol. The van der Waals surface area contributed by atoms with Crippen LogP contribution < -0.4 is 0 Å². The number of phenolic OH excluding ortho intramolecular Hbond substituents is 2. The Morgan fingerprint density at radius 3 is 2.08 bits per heavy atom. The van der Waals surface area contributed by atoms with Gasteiger partial charge in [0, 0.05) is 5.92 Å². The summed E-state index contributed by atoms with van der Waals surface area (Å²) < 4.78 is 0. The Balaban J connectivity index is 3.20. The molecular weight excluding hydrogens is 168 g/mol. The molecule has 0 atom stereocenters. The Morgan fingerprint density at radius 1 is 1.23 bits per heavy atom. The Morgan fingerprint density at radius 2 is 1.69 bits per heavy atom. The average molecular weight is 180 g/mol. The summed E-state index contributed by atoms with van der Waals surface area (Å²) in [4.78, 5) is 11.5.